The lowest BCUT2D eigenvalue weighted by atomic mass is 10.2. The third kappa shape index (κ3) is 2.88. The maximum atomic E-state index is 12.9. The summed E-state index contributed by atoms with van der Waals surface area (Å²) in [5, 5.41) is 30.7. The van der Waals surface area contributed by atoms with Gasteiger partial charge in [-0.2, -0.15) is 0 Å². The van der Waals surface area contributed by atoms with Gasteiger partial charge in [0.25, 0.3) is 5.69 Å². The molecule has 0 aliphatic carbocycles. The van der Waals surface area contributed by atoms with Gasteiger partial charge in [-0.15, -0.1) is 0 Å². The summed E-state index contributed by atoms with van der Waals surface area (Å²) in [6.45, 7) is -0.825. The van der Waals surface area contributed by atoms with Crippen LogP contribution in [0.2, 0.25) is 0 Å². The third-order valence-electron chi connectivity index (χ3n) is 1.96. The maximum Gasteiger partial charge on any atom is 0.292 e. The largest absolute Gasteiger partial charge is 0.394 e. The lowest BCUT2D eigenvalue weighted by molar-refractivity contribution is -0.384. The zero-order valence-corrected chi connectivity index (χ0v) is 8.26. The van der Waals surface area contributed by atoms with Gasteiger partial charge in [-0.25, -0.2) is 4.39 Å². The van der Waals surface area contributed by atoms with E-state index in [1.54, 1.807) is 0 Å². The molecule has 0 aromatic heterocycles. The highest BCUT2D eigenvalue weighted by molar-refractivity contribution is 5.61. The van der Waals surface area contributed by atoms with Crippen molar-refractivity contribution in [2.45, 2.75) is 6.04 Å². The molecule has 7 heteroatoms. The summed E-state index contributed by atoms with van der Waals surface area (Å²) in [5.41, 5.74) is -0.383. The van der Waals surface area contributed by atoms with Crippen LogP contribution in [0, 0.1) is 15.9 Å². The first-order valence-electron chi connectivity index (χ1n) is 4.50. The number of hydrogen-bond acceptors (Lipinski definition) is 5. The molecular weight excluding hydrogens is 219 g/mol. The van der Waals surface area contributed by atoms with Crippen molar-refractivity contribution >= 4 is 11.4 Å². The number of halogens is 1. The third-order valence-corrected chi connectivity index (χ3v) is 1.96. The SMILES string of the molecule is O=[N+]([O-])c1ccc(F)cc1NC(CO)CO. The minimum atomic E-state index is -0.763. The fourth-order valence-corrected chi connectivity index (χ4v) is 1.15. The number of aliphatic hydroxyl groups is 2. The molecule has 3 N–H and O–H groups in total. The molecule has 0 spiro atoms. The molecule has 0 fully saturated rings. The van der Waals surface area contributed by atoms with E-state index >= 15 is 0 Å². The van der Waals surface area contributed by atoms with E-state index in [0.717, 1.165) is 18.2 Å². The molecular formula is C9H11FN2O4. The van der Waals surface area contributed by atoms with E-state index in [-0.39, 0.29) is 11.4 Å². The van der Waals surface area contributed by atoms with Gasteiger partial charge in [0.15, 0.2) is 0 Å². The van der Waals surface area contributed by atoms with Crippen LogP contribution in [-0.2, 0) is 0 Å². The Morgan fingerprint density at radius 2 is 2.06 bits per heavy atom. The van der Waals surface area contributed by atoms with Crippen molar-refractivity contribution in [1.82, 2.24) is 0 Å². The Morgan fingerprint density at radius 1 is 1.44 bits per heavy atom. The molecule has 1 aromatic rings. The molecule has 0 heterocycles. The highest BCUT2D eigenvalue weighted by atomic mass is 19.1. The van der Waals surface area contributed by atoms with Crippen LogP contribution in [0.1, 0.15) is 0 Å². The first-order valence-corrected chi connectivity index (χ1v) is 4.50. The van der Waals surface area contributed by atoms with Gasteiger partial charge in [0.2, 0.25) is 0 Å². The van der Waals surface area contributed by atoms with Crippen LogP contribution in [0.4, 0.5) is 15.8 Å². The predicted molar refractivity (Wildman–Crippen MR) is 54.6 cm³/mol. The number of aliphatic hydroxyl groups excluding tert-OH is 2. The quantitative estimate of drug-likeness (QED) is 0.505. The Hall–Kier alpha value is -1.73. The lowest BCUT2D eigenvalue weighted by Gasteiger charge is -2.14. The Bertz CT molecular complexity index is 382. The molecule has 0 aliphatic heterocycles. The molecule has 0 radical (unpaired) electrons. The van der Waals surface area contributed by atoms with Crippen molar-refractivity contribution in [3.8, 4) is 0 Å². The first-order chi connectivity index (χ1) is 7.58. The fourth-order valence-electron chi connectivity index (χ4n) is 1.15. The smallest absolute Gasteiger partial charge is 0.292 e. The summed E-state index contributed by atoms with van der Waals surface area (Å²) in [6, 6.07) is 2.16. The highest BCUT2D eigenvalue weighted by Gasteiger charge is 2.17. The normalized spacial score (nSPS) is 10.5. The second-order valence-corrected chi connectivity index (χ2v) is 3.12. The van der Waals surface area contributed by atoms with Crippen LogP contribution in [0.25, 0.3) is 0 Å². The van der Waals surface area contributed by atoms with Gasteiger partial charge in [0, 0.05) is 12.1 Å². The van der Waals surface area contributed by atoms with Crippen LogP contribution in [0.15, 0.2) is 18.2 Å². The number of nitro groups is 1. The minimum Gasteiger partial charge on any atom is -0.394 e. The second-order valence-electron chi connectivity index (χ2n) is 3.12. The summed E-state index contributed by atoms with van der Waals surface area (Å²) in [5.74, 6) is -0.636. The van der Waals surface area contributed by atoms with Gasteiger partial charge in [0.1, 0.15) is 11.5 Å². The van der Waals surface area contributed by atoms with Crippen molar-refractivity contribution in [3.63, 3.8) is 0 Å². The van der Waals surface area contributed by atoms with Crippen molar-refractivity contribution in [3.05, 3.63) is 34.1 Å². The van der Waals surface area contributed by atoms with Crippen LogP contribution in [-0.4, -0.2) is 34.4 Å². The second kappa shape index (κ2) is 5.38. The van der Waals surface area contributed by atoms with Crippen LogP contribution in [0.5, 0.6) is 0 Å². The molecule has 0 saturated heterocycles. The minimum absolute atomic E-state index is 0.0712. The summed E-state index contributed by atoms with van der Waals surface area (Å²) < 4.78 is 12.9. The van der Waals surface area contributed by atoms with Crippen LogP contribution >= 0.6 is 0 Å². The zero-order valence-electron chi connectivity index (χ0n) is 8.26. The van der Waals surface area contributed by atoms with E-state index < -0.39 is 30.0 Å². The number of nitrogens with zero attached hydrogens (tertiary/aromatic N) is 1. The summed E-state index contributed by atoms with van der Waals surface area (Å²) in [6.07, 6.45) is 0. The van der Waals surface area contributed by atoms with E-state index in [1.165, 1.54) is 0 Å². The van der Waals surface area contributed by atoms with Crippen molar-refractivity contribution < 1.29 is 19.5 Å². The molecule has 0 saturated carbocycles. The van der Waals surface area contributed by atoms with Gasteiger partial charge in [-0.1, -0.05) is 0 Å². The standard InChI is InChI=1S/C9H11FN2O4/c10-6-1-2-9(12(15)16)8(3-6)11-7(4-13)5-14/h1-3,7,11,13-14H,4-5H2. The molecule has 1 aromatic carbocycles. The van der Waals surface area contributed by atoms with Gasteiger partial charge < -0.3 is 15.5 Å². The Morgan fingerprint density at radius 3 is 2.56 bits per heavy atom. The van der Waals surface area contributed by atoms with E-state index in [4.69, 9.17) is 10.2 Å². The highest BCUT2D eigenvalue weighted by Crippen LogP contribution is 2.25. The molecule has 1 rings (SSSR count). The Balaban J connectivity index is 3.00. The molecule has 0 atom stereocenters. The lowest BCUT2D eigenvalue weighted by Crippen LogP contribution is -2.28. The molecule has 88 valence electrons. The Kier molecular flexibility index (Phi) is 4.15. The molecule has 6 nitrogen and oxygen atoms in total. The summed E-state index contributed by atoms with van der Waals surface area (Å²) >= 11 is 0. The number of nitro benzene ring substituents is 1. The molecule has 0 bridgehead atoms. The van der Waals surface area contributed by atoms with Gasteiger partial charge in [-0.3, -0.25) is 10.1 Å². The maximum absolute atomic E-state index is 12.9. The number of rotatable bonds is 5. The number of anilines is 1. The van der Waals surface area contributed by atoms with Crippen LogP contribution in [0.3, 0.4) is 0 Å². The molecule has 16 heavy (non-hydrogen) atoms. The summed E-state index contributed by atoms with van der Waals surface area (Å²) in [7, 11) is 0. The van der Waals surface area contributed by atoms with Crippen molar-refractivity contribution in [1.29, 1.82) is 0 Å². The fraction of sp³-hybridized carbons (Fsp3) is 0.333. The average molecular weight is 230 g/mol. The topological polar surface area (TPSA) is 95.6 Å². The Labute approximate surface area is 90.5 Å². The first kappa shape index (κ1) is 12.3. The molecule has 0 aliphatic rings. The summed E-state index contributed by atoms with van der Waals surface area (Å²) in [4.78, 5) is 9.94. The predicted octanol–water partition coefficient (Wildman–Crippen LogP) is 0.499. The number of nitrogens with one attached hydrogen (secondary N) is 1. The van der Waals surface area contributed by atoms with Gasteiger partial charge >= 0.3 is 0 Å². The number of hydrogen-bond donors (Lipinski definition) is 3. The monoisotopic (exact) mass is 230 g/mol. The van der Waals surface area contributed by atoms with Crippen LogP contribution < -0.4 is 5.32 Å². The van der Waals surface area contributed by atoms with Crippen molar-refractivity contribution in [2.24, 2.45) is 0 Å². The number of benzene rings is 1. The van der Waals surface area contributed by atoms with Crippen molar-refractivity contribution in [2.75, 3.05) is 18.5 Å². The van der Waals surface area contributed by atoms with E-state index in [1.807, 2.05) is 0 Å². The van der Waals surface area contributed by atoms with E-state index in [2.05, 4.69) is 5.32 Å². The van der Waals surface area contributed by atoms with E-state index in [0.29, 0.717) is 0 Å². The van der Waals surface area contributed by atoms with E-state index in [9.17, 15) is 14.5 Å². The average Bonchev–Trinajstić information content (AvgIpc) is 2.25. The zero-order chi connectivity index (χ0) is 12.1. The van der Waals surface area contributed by atoms with Gasteiger partial charge in [0.05, 0.1) is 24.2 Å². The molecule has 0 amide bonds. The molecule has 0 unspecified atom stereocenters. The van der Waals surface area contributed by atoms with Gasteiger partial charge in [-0.05, 0) is 6.07 Å².